The molecule has 0 bridgehead atoms. The highest BCUT2D eigenvalue weighted by Gasteiger charge is 2.13. The van der Waals surface area contributed by atoms with Crippen molar-refractivity contribution < 1.29 is 4.39 Å². The largest absolute Gasteiger partial charge is 0.205 e. The standard InChI is InChI=1S/C19H12FN/c20-19-12-16(14-7-3-1-4-8-14)11-17(18(19)13-21)15-9-5-2-6-10-15/h1-12H. The second kappa shape index (κ2) is 5.60. The third kappa shape index (κ3) is 2.54. The number of hydrogen-bond acceptors (Lipinski definition) is 1. The van der Waals surface area contributed by atoms with Gasteiger partial charge in [0, 0.05) is 5.56 Å². The summed E-state index contributed by atoms with van der Waals surface area (Å²) in [5.74, 6) is -0.488. The number of nitrogens with zero attached hydrogens (tertiary/aromatic N) is 1. The molecule has 3 aromatic carbocycles. The van der Waals surface area contributed by atoms with E-state index in [2.05, 4.69) is 0 Å². The fraction of sp³-hybridized carbons (Fsp3) is 0. The van der Waals surface area contributed by atoms with Crippen molar-refractivity contribution in [1.29, 1.82) is 5.26 Å². The third-order valence-corrected chi connectivity index (χ3v) is 3.39. The molecule has 100 valence electrons. The number of nitriles is 1. The summed E-state index contributed by atoms with van der Waals surface area (Å²) in [4.78, 5) is 0. The molecule has 0 aliphatic rings. The Labute approximate surface area is 122 Å². The van der Waals surface area contributed by atoms with Gasteiger partial charge >= 0.3 is 0 Å². The first-order chi connectivity index (χ1) is 10.3. The molecule has 0 heterocycles. The summed E-state index contributed by atoms with van der Waals surface area (Å²) < 4.78 is 14.3. The monoisotopic (exact) mass is 273 g/mol. The predicted molar refractivity (Wildman–Crippen MR) is 82.0 cm³/mol. The van der Waals surface area contributed by atoms with Crippen LogP contribution < -0.4 is 0 Å². The van der Waals surface area contributed by atoms with Gasteiger partial charge in [-0.25, -0.2) is 4.39 Å². The lowest BCUT2D eigenvalue weighted by atomic mass is 9.94. The van der Waals surface area contributed by atoms with Crippen LogP contribution in [0.3, 0.4) is 0 Å². The first-order valence-electron chi connectivity index (χ1n) is 6.64. The molecule has 0 saturated carbocycles. The van der Waals surface area contributed by atoms with E-state index in [0.717, 1.165) is 16.7 Å². The Morgan fingerprint density at radius 3 is 1.86 bits per heavy atom. The van der Waals surface area contributed by atoms with Crippen molar-refractivity contribution >= 4 is 0 Å². The maximum Gasteiger partial charge on any atom is 0.142 e. The van der Waals surface area contributed by atoms with Gasteiger partial charge in [0.05, 0.1) is 5.56 Å². The SMILES string of the molecule is N#Cc1c(F)cc(-c2ccccc2)cc1-c1ccccc1. The summed E-state index contributed by atoms with van der Waals surface area (Å²) in [7, 11) is 0. The summed E-state index contributed by atoms with van der Waals surface area (Å²) in [6.45, 7) is 0. The third-order valence-electron chi connectivity index (χ3n) is 3.39. The molecule has 0 aliphatic heterocycles. The second-order valence-corrected chi connectivity index (χ2v) is 4.72. The Morgan fingerprint density at radius 1 is 0.714 bits per heavy atom. The average Bonchev–Trinajstić information content (AvgIpc) is 2.55. The Bertz CT molecular complexity index is 802. The van der Waals surface area contributed by atoms with Crippen molar-refractivity contribution in [2.75, 3.05) is 0 Å². The molecule has 0 aliphatic carbocycles. The smallest absolute Gasteiger partial charge is 0.142 e. The highest BCUT2D eigenvalue weighted by molar-refractivity contribution is 5.77. The first kappa shape index (κ1) is 13.1. The Balaban J connectivity index is 2.24. The van der Waals surface area contributed by atoms with Gasteiger partial charge in [-0.15, -0.1) is 0 Å². The van der Waals surface area contributed by atoms with E-state index >= 15 is 0 Å². The molecule has 3 aromatic rings. The molecule has 0 spiro atoms. The van der Waals surface area contributed by atoms with Crippen LogP contribution in [0.15, 0.2) is 72.8 Å². The van der Waals surface area contributed by atoms with Crippen LogP contribution in [-0.2, 0) is 0 Å². The van der Waals surface area contributed by atoms with Gasteiger partial charge in [-0.05, 0) is 28.8 Å². The van der Waals surface area contributed by atoms with Gasteiger partial charge in [0.1, 0.15) is 11.9 Å². The van der Waals surface area contributed by atoms with Crippen LogP contribution in [0.2, 0.25) is 0 Å². The van der Waals surface area contributed by atoms with E-state index in [0.29, 0.717) is 5.56 Å². The lowest BCUT2D eigenvalue weighted by Gasteiger charge is -2.09. The van der Waals surface area contributed by atoms with Crippen molar-refractivity contribution in [2.24, 2.45) is 0 Å². The van der Waals surface area contributed by atoms with E-state index in [1.165, 1.54) is 6.07 Å². The molecular weight excluding hydrogens is 261 g/mol. The number of hydrogen-bond donors (Lipinski definition) is 0. The molecule has 0 atom stereocenters. The summed E-state index contributed by atoms with van der Waals surface area (Å²) in [5, 5.41) is 9.23. The predicted octanol–water partition coefficient (Wildman–Crippen LogP) is 5.03. The topological polar surface area (TPSA) is 23.8 Å². The van der Waals surface area contributed by atoms with E-state index < -0.39 is 5.82 Å². The van der Waals surface area contributed by atoms with E-state index in [4.69, 9.17) is 0 Å². The van der Waals surface area contributed by atoms with Gasteiger partial charge in [-0.2, -0.15) is 5.26 Å². The van der Waals surface area contributed by atoms with Gasteiger partial charge in [-0.3, -0.25) is 0 Å². The van der Waals surface area contributed by atoms with Crippen LogP contribution in [0.4, 0.5) is 4.39 Å². The van der Waals surface area contributed by atoms with E-state index in [-0.39, 0.29) is 5.56 Å². The normalized spacial score (nSPS) is 10.1. The van der Waals surface area contributed by atoms with E-state index in [1.54, 1.807) is 0 Å². The lowest BCUT2D eigenvalue weighted by Crippen LogP contribution is -1.92. The van der Waals surface area contributed by atoms with Gasteiger partial charge in [0.25, 0.3) is 0 Å². The van der Waals surface area contributed by atoms with Crippen LogP contribution in [0.25, 0.3) is 22.3 Å². The molecule has 1 nitrogen and oxygen atoms in total. The molecule has 0 amide bonds. The zero-order valence-electron chi connectivity index (χ0n) is 11.3. The van der Waals surface area contributed by atoms with Gasteiger partial charge < -0.3 is 0 Å². The van der Waals surface area contributed by atoms with Crippen molar-refractivity contribution in [2.45, 2.75) is 0 Å². The quantitative estimate of drug-likeness (QED) is 0.642. The maximum absolute atomic E-state index is 14.3. The molecule has 0 fully saturated rings. The number of rotatable bonds is 2. The lowest BCUT2D eigenvalue weighted by molar-refractivity contribution is 0.625. The highest BCUT2D eigenvalue weighted by atomic mass is 19.1. The molecule has 0 radical (unpaired) electrons. The summed E-state index contributed by atoms with van der Waals surface area (Å²) in [5.41, 5.74) is 3.24. The first-order valence-corrected chi connectivity index (χ1v) is 6.64. The van der Waals surface area contributed by atoms with Crippen molar-refractivity contribution in [3.63, 3.8) is 0 Å². The second-order valence-electron chi connectivity index (χ2n) is 4.72. The van der Waals surface area contributed by atoms with Crippen molar-refractivity contribution in [3.05, 3.63) is 84.2 Å². The van der Waals surface area contributed by atoms with Crippen LogP contribution in [0.1, 0.15) is 5.56 Å². The molecule has 0 unspecified atom stereocenters. The van der Waals surface area contributed by atoms with Crippen LogP contribution in [0.5, 0.6) is 0 Å². The molecule has 0 N–H and O–H groups in total. The number of halogens is 1. The minimum atomic E-state index is -0.488. The highest BCUT2D eigenvalue weighted by Crippen LogP contribution is 2.31. The minimum Gasteiger partial charge on any atom is -0.205 e. The van der Waals surface area contributed by atoms with Crippen molar-refractivity contribution in [1.82, 2.24) is 0 Å². The van der Waals surface area contributed by atoms with Crippen molar-refractivity contribution in [3.8, 4) is 28.3 Å². The zero-order chi connectivity index (χ0) is 14.7. The summed E-state index contributed by atoms with van der Waals surface area (Å²) in [6, 6.07) is 24.3. The Morgan fingerprint density at radius 2 is 1.29 bits per heavy atom. The fourth-order valence-electron chi connectivity index (χ4n) is 2.36. The van der Waals surface area contributed by atoms with Gasteiger partial charge in [0.15, 0.2) is 0 Å². The fourth-order valence-corrected chi connectivity index (χ4v) is 2.36. The average molecular weight is 273 g/mol. The maximum atomic E-state index is 14.3. The van der Waals surface area contributed by atoms with Gasteiger partial charge in [-0.1, -0.05) is 60.7 Å². The summed E-state index contributed by atoms with van der Waals surface area (Å²) in [6.07, 6.45) is 0. The summed E-state index contributed by atoms with van der Waals surface area (Å²) >= 11 is 0. The molecule has 0 saturated heterocycles. The molecule has 2 heteroatoms. The molecule has 0 aromatic heterocycles. The Kier molecular flexibility index (Phi) is 3.49. The Hall–Kier alpha value is -2.92. The minimum absolute atomic E-state index is 0.0841. The molecule has 21 heavy (non-hydrogen) atoms. The zero-order valence-corrected chi connectivity index (χ0v) is 11.3. The van der Waals surface area contributed by atoms with Crippen LogP contribution in [0, 0.1) is 17.1 Å². The van der Waals surface area contributed by atoms with E-state index in [1.807, 2.05) is 72.8 Å². The molecule has 3 rings (SSSR count). The van der Waals surface area contributed by atoms with Crippen LogP contribution in [-0.4, -0.2) is 0 Å². The van der Waals surface area contributed by atoms with Gasteiger partial charge in [0.2, 0.25) is 0 Å². The van der Waals surface area contributed by atoms with E-state index in [9.17, 15) is 9.65 Å². The molecular formula is C19H12FN. The number of benzene rings is 3. The van der Waals surface area contributed by atoms with Crippen LogP contribution >= 0.6 is 0 Å².